The van der Waals surface area contributed by atoms with Crippen LogP contribution in [0.15, 0.2) is 22.6 Å². The summed E-state index contributed by atoms with van der Waals surface area (Å²) in [5, 5.41) is 1.01. The second kappa shape index (κ2) is 4.78. The summed E-state index contributed by atoms with van der Waals surface area (Å²) in [5.41, 5.74) is 13.8. The summed E-state index contributed by atoms with van der Waals surface area (Å²) < 4.78 is 5.90. The van der Waals surface area contributed by atoms with E-state index in [0.717, 1.165) is 29.7 Å². The monoisotopic (exact) mass is 259 g/mol. The number of hydrogen-bond acceptors (Lipinski definition) is 4. The molecule has 2 heterocycles. The molecule has 0 spiro atoms. The minimum atomic E-state index is 0.601. The molecule has 19 heavy (non-hydrogen) atoms. The van der Waals surface area contributed by atoms with Crippen molar-refractivity contribution in [3.8, 4) is 0 Å². The van der Waals surface area contributed by atoms with Crippen molar-refractivity contribution in [2.75, 3.05) is 24.6 Å². The molecule has 1 aliphatic rings. The zero-order valence-corrected chi connectivity index (χ0v) is 11.4. The zero-order chi connectivity index (χ0) is 13.4. The van der Waals surface area contributed by atoms with E-state index in [1.807, 2.05) is 6.07 Å². The summed E-state index contributed by atoms with van der Waals surface area (Å²) in [4.78, 5) is 2.52. The highest BCUT2D eigenvalue weighted by Crippen LogP contribution is 2.30. The minimum absolute atomic E-state index is 0.601. The number of hydrogen-bond donors (Lipinski definition) is 2. The van der Waals surface area contributed by atoms with Crippen LogP contribution in [0, 0.1) is 0 Å². The van der Waals surface area contributed by atoms with Gasteiger partial charge in [0.2, 0.25) is 0 Å². The Balaban J connectivity index is 1.87. The summed E-state index contributed by atoms with van der Waals surface area (Å²) in [6.45, 7) is 4.53. The van der Waals surface area contributed by atoms with Gasteiger partial charge in [-0.1, -0.05) is 6.92 Å². The lowest BCUT2D eigenvalue weighted by Gasteiger charge is -2.21. The molecular formula is C15H21N3O. The molecule has 1 fully saturated rings. The van der Waals surface area contributed by atoms with E-state index in [4.69, 9.17) is 15.9 Å². The molecule has 0 amide bonds. The van der Waals surface area contributed by atoms with Crippen molar-refractivity contribution in [1.29, 1.82) is 0 Å². The molecule has 0 bridgehead atoms. The third-order valence-electron chi connectivity index (χ3n) is 4.06. The molecule has 1 aromatic heterocycles. The normalized spacial score (nSPS) is 20.4. The Labute approximate surface area is 113 Å². The van der Waals surface area contributed by atoms with Crippen LogP contribution < -0.4 is 11.5 Å². The van der Waals surface area contributed by atoms with Gasteiger partial charge in [-0.25, -0.2) is 0 Å². The number of nitrogen functional groups attached to an aromatic ring is 2. The van der Waals surface area contributed by atoms with Crippen molar-refractivity contribution in [2.24, 2.45) is 0 Å². The molecule has 0 radical (unpaired) electrons. The average molecular weight is 259 g/mol. The predicted molar refractivity (Wildman–Crippen MR) is 79.0 cm³/mol. The molecule has 0 aliphatic carbocycles. The molecule has 1 aromatic carbocycles. The second-order valence-corrected chi connectivity index (χ2v) is 5.37. The molecule has 0 unspecified atom stereocenters. The van der Waals surface area contributed by atoms with Crippen LogP contribution in [0.4, 0.5) is 11.4 Å². The Bertz CT molecular complexity index is 590. The van der Waals surface area contributed by atoms with E-state index in [0.29, 0.717) is 17.4 Å². The van der Waals surface area contributed by atoms with E-state index in [9.17, 15) is 0 Å². The first kappa shape index (κ1) is 12.4. The first-order valence-corrected chi connectivity index (χ1v) is 6.99. The zero-order valence-electron chi connectivity index (χ0n) is 11.4. The van der Waals surface area contributed by atoms with Gasteiger partial charge < -0.3 is 20.8 Å². The van der Waals surface area contributed by atoms with Crippen molar-refractivity contribution in [3.63, 3.8) is 0 Å². The highest BCUT2D eigenvalue weighted by molar-refractivity contribution is 5.91. The third-order valence-corrected chi connectivity index (χ3v) is 4.06. The Morgan fingerprint density at radius 2 is 2.16 bits per heavy atom. The van der Waals surface area contributed by atoms with Gasteiger partial charge in [-0.05, 0) is 44.1 Å². The molecule has 2 aromatic rings. The fourth-order valence-corrected chi connectivity index (χ4v) is 3.13. The molecular weight excluding hydrogens is 238 g/mol. The summed E-state index contributed by atoms with van der Waals surface area (Å²) in [6, 6.07) is 6.35. The number of nitrogens with two attached hydrogens (primary N) is 2. The molecule has 4 N–H and O–H groups in total. The first-order chi connectivity index (χ1) is 9.17. The topological polar surface area (TPSA) is 68.4 Å². The summed E-state index contributed by atoms with van der Waals surface area (Å²) in [7, 11) is 0. The highest BCUT2D eigenvalue weighted by Gasteiger charge is 2.24. The molecule has 1 aliphatic heterocycles. The Kier molecular flexibility index (Phi) is 3.11. The van der Waals surface area contributed by atoms with Gasteiger partial charge >= 0.3 is 0 Å². The van der Waals surface area contributed by atoms with Crippen LogP contribution in [0.5, 0.6) is 0 Å². The molecule has 4 nitrogen and oxygen atoms in total. The number of likely N-dealkylation sites (N-methyl/N-ethyl adjacent to an activating group) is 1. The van der Waals surface area contributed by atoms with Crippen molar-refractivity contribution in [1.82, 2.24) is 4.90 Å². The van der Waals surface area contributed by atoms with E-state index in [1.54, 1.807) is 6.07 Å². The van der Waals surface area contributed by atoms with E-state index in [-0.39, 0.29) is 0 Å². The van der Waals surface area contributed by atoms with Gasteiger partial charge in [0.05, 0.1) is 5.69 Å². The van der Waals surface area contributed by atoms with Gasteiger partial charge in [-0.3, -0.25) is 0 Å². The van der Waals surface area contributed by atoms with Gasteiger partial charge in [-0.2, -0.15) is 0 Å². The number of rotatable bonds is 3. The van der Waals surface area contributed by atoms with Gasteiger partial charge in [0.25, 0.3) is 0 Å². The number of likely N-dealkylation sites (tertiary alicyclic amines) is 1. The van der Waals surface area contributed by atoms with Crippen LogP contribution in [0.25, 0.3) is 11.0 Å². The van der Waals surface area contributed by atoms with Crippen LogP contribution in [0.2, 0.25) is 0 Å². The van der Waals surface area contributed by atoms with E-state index >= 15 is 0 Å². The SMILES string of the molecule is CCN1CCC[C@@H]1Cc1cc2cc(N)cc(N)c2o1. The van der Waals surface area contributed by atoms with Gasteiger partial charge in [0.1, 0.15) is 5.76 Å². The lowest BCUT2D eigenvalue weighted by Crippen LogP contribution is -2.30. The van der Waals surface area contributed by atoms with E-state index in [2.05, 4.69) is 17.9 Å². The lowest BCUT2D eigenvalue weighted by atomic mass is 10.1. The number of anilines is 2. The maximum atomic E-state index is 5.95. The van der Waals surface area contributed by atoms with Gasteiger partial charge in [0.15, 0.2) is 5.58 Å². The molecule has 102 valence electrons. The van der Waals surface area contributed by atoms with Crippen molar-refractivity contribution in [2.45, 2.75) is 32.2 Å². The number of benzene rings is 1. The molecule has 3 rings (SSSR count). The van der Waals surface area contributed by atoms with Gasteiger partial charge in [0, 0.05) is 23.5 Å². The smallest absolute Gasteiger partial charge is 0.157 e. The van der Waals surface area contributed by atoms with Crippen molar-refractivity contribution in [3.05, 3.63) is 24.0 Å². The minimum Gasteiger partial charge on any atom is -0.459 e. The molecule has 0 saturated carbocycles. The number of fused-ring (bicyclic) bond motifs is 1. The first-order valence-electron chi connectivity index (χ1n) is 6.99. The summed E-state index contributed by atoms with van der Waals surface area (Å²) in [6.07, 6.45) is 3.50. The Hall–Kier alpha value is -1.68. The quantitative estimate of drug-likeness (QED) is 0.831. The van der Waals surface area contributed by atoms with E-state index in [1.165, 1.54) is 19.4 Å². The Morgan fingerprint density at radius 3 is 2.95 bits per heavy atom. The summed E-state index contributed by atoms with van der Waals surface area (Å²) in [5.74, 6) is 1.01. The van der Waals surface area contributed by atoms with Crippen molar-refractivity contribution >= 4 is 22.3 Å². The summed E-state index contributed by atoms with van der Waals surface area (Å²) >= 11 is 0. The fraction of sp³-hybridized carbons (Fsp3) is 0.467. The lowest BCUT2D eigenvalue weighted by molar-refractivity contribution is 0.257. The molecule has 1 saturated heterocycles. The fourth-order valence-electron chi connectivity index (χ4n) is 3.13. The molecule has 1 atom stereocenters. The number of furan rings is 1. The van der Waals surface area contributed by atoms with Crippen LogP contribution in [0.1, 0.15) is 25.5 Å². The predicted octanol–water partition coefficient (Wildman–Crippen LogP) is 2.62. The largest absolute Gasteiger partial charge is 0.459 e. The van der Waals surface area contributed by atoms with Crippen LogP contribution in [0.3, 0.4) is 0 Å². The molecule has 4 heteroatoms. The Morgan fingerprint density at radius 1 is 1.32 bits per heavy atom. The average Bonchev–Trinajstić information content (AvgIpc) is 2.95. The van der Waals surface area contributed by atoms with Gasteiger partial charge in [-0.15, -0.1) is 0 Å². The van der Waals surface area contributed by atoms with Crippen molar-refractivity contribution < 1.29 is 4.42 Å². The third kappa shape index (κ3) is 2.28. The van der Waals surface area contributed by atoms with Crippen LogP contribution in [-0.2, 0) is 6.42 Å². The van der Waals surface area contributed by atoms with Crippen LogP contribution >= 0.6 is 0 Å². The maximum absolute atomic E-state index is 5.95. The maximum Gasteiger partial charge on any atom is 0.157 e. The standard InChI is InChI=1S/C15H21N3O/c1-2-18-5-3-4-12(18)9-13-7-10-6-11(16)8-14(17)15(10)19-13/h6-8,12H,2-5,9,16-17H2,1H3/t12-/m1/s1. The van der Waals surface area contributed by atoms with E-state index < -0.39 is 0 Å². The van der Waals surface area contributed by atoms with Crippen LogP contribution in [-0.4, -0.2) is 24.0 Å². The second-order valence-electron chi connectivity index (χ2n) is 5.37. The highest BCUT2D eigenvalue weighted by atomic mass is 16.3. The number of nitrogens with zero attached hydrogens (tertiary/aromatic N) is 1.